The molecule has 112 valence electrons. The van der Waals surface area contributed by atoms with E-state index in [0.717, 1.165) is 6.07 Å². The average Bonchev–Trinajstić information content (AvgIpc) is 2.71. The first-order chi connectivity index (χ1) is 9.21. The molecule has 1 fully saturated rings. The molecule has 0 aliphatic carbocycles. The fourth-order valence-electron chi connectivity index (χ4n) is 2.10. The van der Waals surface area contributed by atoms with Gasteiger partial charge in [0.25, 0.3) is 0 Å². The van der Waals surface area contributed by atoms with Crippen molar-refractivity contribution in [1.29, 1.82) is 0 Å². The van der Waals surface area contributed by atoms with Crippen LogP contribution in [-0.4, -0.2) is 49.1 Å². The number of hydrogen-bond acceptors (Lipinski definition) is 5. The third-order valence-corrected chi connectivity index (χ3v) is 5.56. The molecule has 0 radical (unpaired) electrons. The summed E-state index contributed by atoms with van der Waals surface area (Å²) in [5.74, 6) is -1.75. The molecule has 9 heteroatoms. The summed E-state index contributed by atoms with van der Waals surface area (Å²) in [4.78, 5) is 10.6. The molecule has 0 bridgehead atoms. The minimum absolute atomic E-state index is 0.110. The molecule has 20 heavy (non-hydrogen) atoms. The van der Waals surface area contributed by atoms with Crippen molar-refractivity contribution >= 4 is 31.9 Å². The summed E-state index contributed by atoms with van der Waals surface area (Å²) in [6.45, 7) is 4.00. The van der Waals surface area contributed by atoms with Crippen LogP contribution < -0.4 is 0 Å². The van der Waals surface area contributed by atoms with Crippen molar-refractivity contribution in [3.05, 3.63) is 16.5 Å². The first-order valence-electron chi connectivity index (χ1n) is 5.90. The van der Waals surface area contributed by atoms with E-state index in [1.54, 1.807) is 13.8 Å². The van der Waals surface area contributed by atoms with Gasteiger partial charge >= 0.3 is 5.97 Å². The minimum atomic E-state index is -3.82. The smallest absolute Gasteiger partial charge is 0.371 e. The molecule has 1 N–H and O–H groups in total. The van der Waals surface area contributed by atoms with E-state index >= 15 is 0 Å². The van der Waals surface area contributed by atoms with E-state index in [1.165, 1.54) is 4.31 Å². The van der Waals surface area contributed by atoms with E-state index in [1.807, 2.05) is 0 Å². The van der Waals surface area contributed by atoms with Crippen molar-refractivity contribution in [2.45, 2.75) is 31.0 Å². The molecule has 0 amide bonds. The molecule has 2 heterocycles. The average molecular weight is 368 g/mol. The number of sulfonamides is 1. The normalized spacial score (nSPS) is 24.8. The highest BCUT2D eigenvalue weighted by Crippen LogP contribution is 2.30. The summed E-state index contributed by atoms with van der Waals surface area (Å²) < 4.78 is 36.6. The molecule has 2 atom stereocenters. The maximum absolute atomic E-state index is 12.5. The number of rotatable bonds is 3. The van der Waals surface area contributed by atoms with Crippen LogP contribution in [0.4, 0.5) is 0 Å². The van der Waals surface area contributed by atoms with Crippen molar-refractivity contribution in [3.63, 3.8) is 0 Å². The van der Waals surface area contributed by atoms with Crippen molar-refractivity contribution < 1.29 is 27.5 Å². The quantitative estimate of drug-likeness (QED) is 0.869. The Morgan fingerprint density at radius 1 is 1.40 bits per heavy atom. The van der Waals surface area contributed by atoms with Gasteiger partial charge in [0.05, 0.1) is 12.2 Å². The monoisotopic (exact) mass is 367 g/mol. The maximum atomic E-state index is 12.5. The second-order valence-corrected chi connectivity index (χ2v) is 7.26. The lowest BCUT2D eigenvalue weighted by molar-refractivity contribution is -0.0441. The molecule has 0 spiro atoms. The molecule has 1 saturated heterocycles. The second kappa shape index (κ2) is 5.47. The molecule has 1 aromatic rings. The number of ether oxygens (including phenoxy) is 1. The molecular weight excluding hydrogens is 354 g/mol. The Labute approximate surface area is 124 Å². The molecule has 2 rings (SSSR count). The van der Waals surface area contributed by atoms with Gasteiger partial charge in [-0.05, 0) is 29.8 Å². The first kappa shape index (κ1) is 15.5. The predicted molar refractivity (Wildman–Crippen MR) is 72.1 cm³/mol. The second-order valence-electron chi connectivity index (χ2n) is 4.63. The number of nitrogens with zero attached hydrogens (tertiary/aromatic N) is 1. The van der Waals surface area contributed by atoms with Crippen molar-refractivity contribution in [2.75, 3.05) is 13.1 Å². The van der Waals surface area contributed by atoms with E-state index in [4.69, 9.17) is 14.3 Å². The Morgan fingerprint density at radius 2 is 1.95 bits per heavy atom. The number of carboxylic acid groups (broad SMARTS) is 1. The summed E-state index contributed by atoms with van der Waals surface area (Å²) in [7, 11) is -3.82. The molecule has 0 unspecified atom stereocenters. The molecular formula is C11H14BrNO6S. The fraction of sp³-hybridized carbons (Fsp3) is 0.545. The summed E-state index contributed by atoms with van der Waals surface area (Å²) in [5, 5.41) is 8.84. The Morgan fingerprint density at radius 3 is 2.40 bits per heavy atom. The number of carbonyl (C=O) groups is 1. The molecule has 1 aliphatic rings. The van der Waals surface area contributed by atoms with E-state index in [0.29, 0.717) is 0 Å². The van der Waals surface area contributed by atoms with Crippen LogP contribution in [0.2, 0.25) is 0 Å². The highest BCUT2D eigenvalue weighted by atomic mass is 79.9. The number of morpholine rings is 1. The third kappa shape index (κ3) is 2.90. The van der Waals surface area contributed by atoms with Crippen LogP contribution in [0.25, 0.3) is 0 Å². The topological polar surface area (TPSA) is 97.1 Å². The number of carboxylic acids is 1. The van der Waals surface area contributed by atoms with E-state index in [2.05, 4.69) is 15.9 Å². The van der Waals surface area contributed by atoms with E-state index < -0.39 is 21.8 Å². The SMILES string of the molecule is C[C@@H]1CN(S(=O)(=O)c2cc(C(=O)O)oc2Br)C[C@H](C)O1. The van der Waals surface area contributed by atoms with E-state index in [9.17, 15) is 13.2 Å². The number of furan rings is 1. The summed E-state index contributed by atoms with van der Waals surface area (Å²) in [6, 6.07) is 1.01. The molecule has 1 aromatic heterocycles. The van der Waals surface area contributed by atoms with Crippen LogP contribution in [0, 0.1) is 0 Å². The van der Waals surface area contributed by atoms with Gasteiger partial charge in [-0.15, -0.1) is 0 Å². The molecule has 7 nitrogen and oxygen atoms in total. The van der Waals surface area contributed by atoms with Gasteiger partial charge in [0.2, 0.25) is 15.8 Å². The van der Waals surface area contributed by atoms with Gasteiger partial charge in [-0.2, -0.15) is 4.31 Å². The lowest BCUT2D eigenvalue weighted by Gasteiger charge is -2.34. The Hall–Kier alpha value is -0.900. The number of halogens is 1. The minimum Gasteiger partial charge on any atom is -0.475 e. The Kier molecular flexibility index (Phi) is 4.24. The summed E-state index contributed by atoms with van der Waals surface area (Å²) in [6.07, 6.45) is -0.448. The third-order valence-electron chi connectivity index (χ3n) is 2.87. The standard InChI is InChI=1S/C11H14BrNO6S/c1-6-4-13(5-7(2)18-6)20(16,17)9-3-8(11(14)15)19-10(9)12/h3,6-7H,4-5H2,1-2H3,(H,14,15)/t6-,7+. The van der Waals surface area contributed by atoms with Gasteiger partial charge in [0, 0.05) is 19.2 Å². The highest BCUT2D eigenvalue weighted by Gasteiger charge is 2.35. The van der Waals surface area contributed by atoms with Crippen LogP contribution in [0.1, 0.15) is 24.4 Å². The summed E-state index contributed by atoms with van der Waals surface area (Å²) >= 11 is 2.95. The van der Waals surface area contributed by atoms with Gasteiger partial charge in [-0.3, -0.25) is 0 Å². The zero-order valence-electron chi connectivity index (χ0n) is 10.9. The first-order valence-corrected chi connectivity index (χ1v) is 8.13. The van der Waals surface area contributed by atoms with Gasteiger partial charge < -0.3 is 14.3 Å². The maximum Gasteiger partial charge on any atom is 0.371 e. The van der Waals surface area contributed by atoms with Crippen LogP contribution in [0.15, 0.2) is 20.0 Å². The van der Waals surface area contributed by atoms with Gasteiger partial charge in [0.1, 0.15) is 4.90 Å². The van der Waals surface area contributed by atoms with Crippen molar-refractivity contribution in [2.24, 2.45) is 0 Å². The van der Waals surface area contributed by atoms with Crippen molar-refractivity contribution in [3.8, 4) is 0 Å². The lowest BCUT2D eigenvalue weighted by atomic mass is 10.3. The molecule has 0 saturated carbocycles. The number of aromatic carboxylic acids is 1. The predicted octanol–water partition coefficient (Wildman–Crippen LogP) is 1.54. The van der Waals surface area contributed by atoms with Crippen LogP contribution in [-0.2, 0) is 14.8 Å². The number of hydrogen-bond donors (Lipinski definition) is 1. The van der Waals surface area contributed by atoms with Gasteiger partial charge in [0.15, 0.2) is 4.67 Å². The van der Waals surface area contributed by atoms with E-state index in [-0.39, 0.29) is 34.9 Å². The lowest BCUT2D eigenvalue weighted by Crippen LogP contribution is -2.48. The molecule has 0 aromatic carbocycles. The molecule has 1 aliphatic heterocycles. The fourth-order valence-corrected chi connectivity index (χ4v) is 4.59. The largest absolute Gasteiger partial charge is 0.475 e. The Bertz CT molecular complexity index is 615. The van der Waals surface area contributed by atoms with Crippen LogP contribution in [0.5, 0.6) is 0 Å². The van der Waals surface area contributed by atoms with Crippen molar-refractivity contribution in [1.82, 2.24) is 4.31 Å². The Balaban J connectivity index is 2.37. The van der Waals surface area contributed by atoms with Gasteiger partial charge in [-0.25, -0.2) is 13.2 Å². The van der Waals surface area contributed by atoms with Crippen LogP contribution >= 0.6 is 15.9 Å². The highest BCUT2D eigenvalue weighted by molar-refractivity contribution is 9.10. The van der Waals surface area contributed by atoms with Crippen LogP contribution in [0.3, 0.4) is 0 Å². The summed E-state index contributed by atoms with van der Waals surface area (Å²) in [5.41, 5.74) is 0. The zero-order chi connectivity index (χ0) is 15.1. The van der Waals surface area contributed by atoms with Gasteiger partial charge in [-0.1, -0.05) is 0 Å². The zero-order valence-corrected chi connectivity index (χ0v) is 13.3.